The van der Waals surface area contributed by atoms with Gasteiger partial charge in [0.1, 0.15) is 17.6 Å². The molecule has 130 valence electrons. The van der Waals surface area contributed by atoms with Crippen molar-refractivity contribution >= 4 is 17.5 Å². The average Bonchev–Trinajstić information content (AvgIpc) is 2.63. The van der Waals surface area contributed by atoms with Crippen LogP contribution < -0.4 is 9.64 Å². The highest BCUT2D eigenvalue weighted by Gasteiger charge is 2.35. The van der Waals surface area contributed by atoms with Crippen LogP contribution in [0.15, 0.2) is 48.5 Å². The zero-order valence-corrected chi connectivity index (χ0v) is 14.1. The highest BCUT2D eigenvalue weighted by molar-refractivity contribution is 6.03. The second-order valence-corrected chi connectivity index (χ2v) is 5.87. The van der Waals surface area contributed by atoms with Crippen LogP contribution in [0.5, 0.6) is 5.75 Å². The van der Waals surface area contributed by atoms with Gasteiger partial charge in [0.15, 0.2) is 0 Å². The summed E-state index contributed by atoms with van der Waals surface area (Å²) in [6, 6.07) is 12.1. The fourth-order valence-electron chi connectivity index (χ4n) is 2.95. The van der Waals surface area contributed by atoms with Crippen molar-refractivity contribution in [1.29, 1.82) is 0 Å². The lowest BCUT2D eigenvalue weighted by Crippen LogP contribution is -2.57. The number of carbonyl (C=O) groups excluding carboxylic acids is 2. The van der Waals surface area contributed by atoms with Crippen molar-refractivity contribution in [2.75, 3.05) is 25.1 Å². The lowest BCUT2D eigenvalue weighted by Gasteiger charge is -2.39. The van der Waals surface area contributed by atoms with E-state index in [4.69, 9.17) is 4.74 Å². The molecule has 1 atom stereocenters. The van der Waals surface area contributed by atoms with E-state index in [0.717, 1.165) is 0 Å². The zero-order valence-electron chi connectivity index (χ0n) is 14.1. The molecule has 0 saturated carbocycles. The number of anilines is 1. The molecule has 5 nitrogen and oxygen atoms in total. The second-order valence-electron chi connectivity index (χ2n) is 5.87. The Labute approximate surface area is 145 Å². The Morgan fingerprint density at radius 3 is 2.52 bits per heavy atom. The molecule has 0 radical (unpaired) electrons. The standard InChI is InChI=1S/C19H19FN2O3/c1-13-18(23)22(16-5-3-4-15(20)12-16)11-10-21(13)19(24)14-6-8-17(25-2)9-7-14/h3-9,12-13H,10-11H2,1-2H3. The molecule has 2 aromatic rings. The fraction of sp³-hybridized carbons (Fsp3) is 0.263. The molecule has 2 amide bonds. The maximum atomic E-state index is 13.4. The Morgan fingerprint density at radius 1 is 1.16 bits per heavy atom. The van der Waals surface area contributed by atoms with Gasteiger partial charge in [-0.1, -0.05) is 6.07 Å². The van der Waals surface area contributed by atoms with Crippen LogP contribution in [0.2, 0.25) is 0 Å². The lowest BCUT2D eigenvalue weighted by molar-refractivity contribution is -0.124. The number of amides is 2. The monoisotopic (exact) mass is 342 g/mol. The van der Waals surface area contributed by atoms with E-state index in [9.17, 15) is 14.0 Å². The van der Waals surface area contributed by atoms with E-state index in [1.807, 2.05) is 0 Å². The number of benzene rings is 2. The van der Waals surface area contributed by atoms with Gasteiger partial charge in [-0.25, -0.2) is 4.39 Å². The number of nitrogens with zero attached hydrogens (tertiary/aromatic N) is 2. The number of hydrogen-bond donors (Lipinski definition) is 0. The van der Waals surface area contributed by atoms with Crippen LogP contribution in [0, 0.1) is 5.82 Å². The summed E-state index contributed by atoms with van der Waals surface area (Å²) in [4.78, 5) is 28.4. The molecular weight excluding hydrogens is 323 g/mol. The lowest BCUT2D eigenvalue weighted by atomic mass is 10.1. The van der Waals surface area contributed by atoms with E-state index >= 15 is 0 Å². The normalized spacial score (nSPS) is 17.6. The van der Waals surface area contributed by atoms with Crippen LogP contribution in [0.4, 0.5) is 10.1 Å². The van der Waals surface area contributed by atoms with Crippen molar-refractivity contribution < 1.29 is 18.7 Å². The molecule has 0 aromatic heterocycles. The summed E-state index contributed by atoms with van der Waals surface area (Å²) in [5, 5.41) is 0. The van der Waals surface area contributed by atoms with E-state index in [0.29, 0.717) is 30.1 Å². The fourth-order valence-corrected chi connectivity index (χ4v) is 2.95. The Balaban J connectivity index is 1.77. The van der Waals surface area contributed by atoms with E-state index < -0.39 is 11.9 Å². The minimum atomic E-state index is -0.619. The molecule has 1 aliphatic heterocycles. The third-order valence-electron chi connectivity index (χ3n) is 4.37. The maximum Gasteiger partial charge on any atom is 0.254 e. The predicted octanol–water partition coefficient (Wildman–Crippen LogP) is 2.71. The smallest absolute Gasteiger partial charge is 0.254 e. The van der Waals surface area contributed by atoms with Gasteiger partial charge in [-0.3, -0.25) is 9.59 Å². The van der Waals surface area contributed by atoms with Crippen LogP contribution in [-0.4, -0.2) is 43.0 Å². The summed E-state index contributed by atoms with van der Waals surface area (Å²) in [5.41, 5.74) is 1.01. The minimum Gasteiger partial charge on any atom is -0.497 e. The number of hydrogen-bond acceptors (Lipinski definition) is 3. The molecule has 25 heavy (non-hydrogen) atoms. The first-order valence-corrected chi connectivity index (χ1v) is 8.03. The van der Waals surface area contributed by atoms with Crippen LogP contribution >= 0.6 is 0 Å². The molecule has 1 fully saturated rings. The van der Waals surface area contributed by atoms with Gasteiger partial charge < -0.3 is 14.5 Å². The van der Waals surface area contributed by atoms with E-state index in [-0.39, 0.29) is 11.8 Å². The van der Waals surface area contributed by atoms with Gasteiger partial charge in [0.25, 0.3) is 5.91 Å². The minimum absolute atomic E-state index is 0.206. The first-order chi connectivity index (χ1) is 12.0. The number of ether oxygens (including phenoxy) is 1. The van der Waals surface area contributed by atoms with E-state index in [2.05, 4.69) is 0 Å². The summed E-state index contributed by atoms with van der Waals surface area (Å²) in [5.74, 6) is -0.160. The molecule has 0 N–H and O–H groups in total. The average molecular weight is 342 g/mol. The third kappa shape index (κ3) is 3.33. The SMILES string of the molecule is COc1ccc(C(=O)N2CCN(c3cccc(F)c3)C(=O)C2C)cc1. The number of methoxy groups -OCH3 is 1. The van der Waals surface area contributed by atoms with Crippen LogP contribution in [0.1, 0.15) is 17.3 Å². The van der Waals surface area contributed by atoms with Gasteiger partial charge in [0.05, 0.1) is 7.11 Å². The Bertz CT molecular complexity index is 792. The number of carbonyl (C=O) groups is 2. The first kappa shape index (κ1) is 17.0. The van der Waals surface area contributed by atoms with E-state index in [1.54, 1.807) is 55.3 Å². The number of rotatable bonds is 3. The van der Waals surface area contributed by atoms with Gasteiger partial charge in [-0.05, 0) is 49.4 Å². The summed E-state index contributed by atoms with van der Waals surface area (Å²) in [7, 11) is 1.56. The van der Waals surface area contributed by atoms with Gasteiger partial charge in [-0.15, -0.1) is 0 Å². The van der Waals surface area contributed by atoms with Crippen molar-refractivity contribution in [3.05, 3.63) is 59.9 Å². The quantitative estimate of drug-likeness (QED) is 0.862. The van der Waals surface area contributed by atoms with Crippen LogP contribution in [-0.2, 0) is 4.79 Å². The van der Waals surface area contributed by atoms with Crippen molar-refractivity contribution in [2.24, 2.45) is 0 Å². The highest BCUT2D eigenvalue weighted by Crippen LogP contribution is 2.23. The molecule has 0 bridgehead atoms. The molecule has 2 aromatic carbocycles. The van der Waals surface area contributed by atoms with Crippen LogP contribution in [0.3, 0.4) is 0 Å². The van der Waals surface area contributed by atoms with Crippen molar-refractivity contribution in [3.8, 4) is 5.75 Å². The molecule has 1 aliphatic rings. The molecule has 3 rings (SSSR count). The second kappa shape index (κ2) is 6.93. The van der Waals surface area contributed by atoms with E-state index in [1.165, 1.54) is 17.0 Å². The largest absolute Gasteiger partial charge is 0.497 e. The molecule has 1 unspecified atom stereocenters. The van der Waals surface area contributed by atoms with Crippen molar-refractivity contribution in [3.63, 3.8) is 0 Å². The molecule has 1 saturated heterocycles. The first-order valence-electron chi connectivity index (χ1n) is 8.03. The molecule has 6 heteroatoms. The number of piperazine rings is 1. The van der Waals surface area contributed by atoms with Gasteiger partial charge >= 0.3 is 0 Å². The van der Waals surface area contributed by atoms with Crippen molar-refractivity contribution in [1.82, 2.24) is 4.90 Å². The van der Waals surface area contributed by atoms with Gasteiger partial charge in [0, 0.05) is 24.3 Å². The van der Waals surface area contributed by atoms with Gasteiger partial charge in [0.2, 0.25) is 5.91 Å². The molecule has 0 aliphatic carbocycles. The molecule has 1 heterocycles. The predicted molar refractivity (Wildman–Crippen MR) is 92.2 cm³/mol. The number of halogens is 1. The Hall–Kier alpha value is -2.89. The highest BCUT2D eigenvalue weighted by atomic mass is 19.1. The third-order valence-corrected chi connectivity index (χ3v) is 4.37. The summed E-state index contributed by atoms with van der Waals surface area (Å²) in [6.45, 7) is 2.40. The zero-order chi connectivity index (χ0) is 18.0. The Morgan fingerprint density at radius 2 is 1.88 bits per heavy atom. The molecular formula is C19H19FN2O3. The van der Waals surface area contributed by atoms with Gasteiger partial charge in [-0.2, -0.15) is 0 Å². The summed E-state index contributed by atoms with van der Waals surface area (Å²) in [6.07, 6.45) is 0. The maximum absolute atomic E-state index is 13.4. The van der Waals surface area contributed by atoms with Crippen molar-refractivity contribution in [2.45, 2.75) is 13.0 Å². The molecule has 0 spiro atoms. The summed E-state index contributed by atoms with van der Waals surface area (Å²) >= 11 is 0. The van der Waals surface area contributed by atoms with Crippen LogP contribution in [0.25, 0.3) is 0 Å². The topological polar surface area (TPSA) is 49.9 Å². The Kier molecular flexibility index (Phi) is 4.70. The summed E-state index contributed by atoms with van der Waals surface area (Å²) < 4.78 is 18.5.